The Kier molecular flexibility index (Phi) is 6.92. The first-order valence-corrected chi connectivity index (χ1v) is 5.12. The monoisotopic (exact) mass is 290 g/mol. The molecule has 0 aliphatic carbocycles. The van der Waals surface area contributed by atoms with E-state index in [-0.39, 0.29) is 24.3 Å². The molecule has 0 heterocycles. The van der Waals surface area contributed by atoms with Gasteiger partial charge in [-0.15, -0.1) is 0 Å². The highest BCUT2D eigenvalue weighted by Gasteiger charge is 2.01. The number of ether oxygens (including phenoxy) is 1. The minimum atomic E-state index is -0.126. The Hall–Kier alpha value is -1.66. The van der Waals surface area contributed by atoms with Crippen LogP contribution in [0.15, 0.2) is 28.2 Å². The first-order valence-electron chi connectivity index (χ1n) is 4.75. The van der Waals surface area contributed by atoms with Crippen molar-refractivity contribution >= 4 is 23.5 Å². The predicted molar refractivity (Wildman–Crippen MR) is 69.1 cm³/mol. The van der Waals surface area contributed by atoms with Gasteiger partial charge in [0.25, 0.3) is 0 Å². The lowest BCUT2D eigenvalue weighted by Gasteiger charge is -2.04. The second-order valence-electron chi connectivity index (χ2n) is 3.18. The molecule has 0 aliphatic rings. The van der Waals surface area contributed by atoms with E-state index in [4.69, 9.17) is 33.5 Å². The summed E-state index contributed by atoms with van der Waals surface area (Å²) in [7, 11) is 1.55. The normalized spacial score (nSPS) is 10.4. The van der Waals surface area contributed by atoms with Crippen LogP contribution in [0.1, 0.15) is 5.56 Å². The molecule has 0 bridgehead atoms. The summed E-state index contributed by atoms with van der Waals surface area (Å²) >= 11 is 5.96. The Labute approximate surface area is 116 Å². The van der Waals surface area contributed by atoms with Crippen molar-refractivity contribution in [1.82, 2.24) is 0 Å². The molecule has 0 radical (unpaired) electrons. The van der Waals surface area contributed by atoms with Gasteiger partial charge in [-0.3, -0.25) is 0 Å². The van der Waals surface area contributed by atoms with Gasteiger partial charge in [0.2, 0.25) is 5.96 Å². The lowest BCUT2D eigenvalue weighted by atomic mass is 10.2. The number of hydrogen-bond acceptors (Lipinski definition) is 2. The quantitative estimate of drug-likeness (QED) is 0.420. The third-order valence-electron chi connectivity index (χ3n) is 1.88. The van der Waals surface area contributed by atoms with Gasteiger partial charge in [0.15, 0.2) is 5.96 Å². The van der Waals surface area contributed by atoms with Crippen LogP contribution < -0.4 is 34.3 Å². The van der Waals surface area contributed by atoms with Crippen molar-refractivity contribution in [1.29, 1.82) is 0 Å². The van der Waals surface area contributed by atoms with Crippen molar-refractivity contribution in [2.45, 2.75) is 6.54 Å². The van der Waals surface area contributed by atoms with Crippen LogP contribution in [0.3, 0.4) is 0 Å². The molecule has 0 unspecified atom stereocenters. The summed E-state index contributed by atoms with van der Waals surface area (Å²) in [6.45, 7) is 0.340. The third kappa shape index (κ3) is 5.11. The maximum atomic E-state index is 5.96. The van der Waals surface area contributed by atoms with E-state index < -0.39 is 0 Å². The molecule has 6 N–H and O–H groups in total. The number of aliphatic imine (C=N–C) groups is 2. The highest BCUT2D eigenvalue weighted by atomic mass is 35.5. The molecule has 0 fully saturated rings. The summed E-state index contributed by atoms with van der Waals surface area (Å²) in [4.78, 5) is 7.57. The molecule has 0 saturated heterocycles. The molecule has 0 saturated carbocycles. The van der Waals surface area contributed by atoms with E-state index in [0.717, 1.165) is 5.56 Å². The first kappa shape index (κ1) is 16.3. The number of methoxy groups -OCH3 is 1. The van der Waals surface area contributed by atoms with Gasteiger partial charge in [-0.05, 0) is 17.7 Å². The number of benzene rings is 1. The standard InChI is InChI=1S/C10H14ClN5O.ClH/c1-17-8-3-2-6(4-7(8)11)5-15-10(14)16-9(12)13;/h2-4H,5H2,1H3,(H6,12,13,14,15,16);1H/p-1. The van der Waals surface area contributed by atoms with Crippen molar-refractivity contribution in [3.05, 3.63) is 28.8 Å². The van der Waals surface area contributed by atoms with Crippen LogP contribution in [0.2, 0.25) is 5.02 Å². The Balaban J connectivity index is 0.00000289. The van der Waals surface area contributed by atoms with Crippen molar-refractivity contribution < 1.29 is 17.1 Å². The Morgan fingerprint density at radius 2 is 2.00 bits per heavy atom. The van der Waals surface area contributed by atoms with E-state index in [9.17, 15) is 0 Å². The summed E-state index contributed by atoms with van der Waals surface area (Å²) < 4.78 is 5.03. The summed E-state index contributed by atoms with van der Waals surface area (Å²) in [5.41, 5.74) is 16.6. The molecule has 100 valence electrons. The first-order chi connectivity index (χ1) is 8.02. The lowest BCUT2D eigenvalue weighted by Crippen LogP contribution is -3.00. The molecule has 0 atom stereocenters. The van der Waals surface area contributed by atoms with Crippen molar-refractivity contribution in [2.75, 3.05) is 7.11 Å². The molecule has 18 heavy (non-hydrogen) atoms. The van der Waals surface area contributed by atoms with Crippen molar-refractivity contribution in [3.8, 4) is 5.75 Å². The van der Waals surface area contributed by atoms with Gasteiger partial charge < -0.3 is 34.3 Å². The Bertz CT molecular complexity index is 458. The minimum absolute atomic E-state index is 0. The highest BCUT2D eigenvalue weighted by molar-refractivity contribution is 6.32. The van der Waals surface area contributed by atoms with Gasteiger partial charge in [0.05, 0.1) is 18.7 Å². The zero-order valence-corrected chi connectivity index (χ0v) is 11.2. The molecule has 0 aliphatic heterocycles. The fourth-order valence-electron chi connectivity index (χ4n) is 1.15. The number of nitrogens with two attached hydrogens (primary N) is 3. The molecule has 1 aromatic rings. The Morgan fingerprint density at radius 3 is 2.50 bits per heavy atom. The number of rotatable bonds is 3. The molecule has 0 amide bonds. The molecule has 0 spiro atoms. The van der Waals surface area contributed by atoms with Crippen LogP contribution in [-0.2, 0) is 6.54 Å². The van der Waals surface area contributed by atoms with Crippen molar-refractivity contribution in [2.24, 2.45) is 27.2 Å². The van der Waals surface area contributed by atoms with Crippen molar-refractivity contribution in [3.63, 3.8) is 0 Å². The fraction of sp³-hybridized carbons (Fsp3) is 0.200. The average Bonchev–Trinajstić information content (AvgIpc) is 2.25. The largest absolute Gasteiger partial charge is 1.00 e. The SMILES string of the molecule is COc1ccc(CN=C(N)N=C(N)N)cc1Cl.[Cl-]. The van der Waals surface area contributed by atoms with E-state index in [2.05, 4.69) is 9.98 Å². The number of guanidine groups is 2. The van der Waals surface area contributed by atoms with Crippen LogP contribution in [0.5, 0.6) is 5.75 Å². The van der Waals surface area contributed by atoms with Gasteiger partial charge in [-0.1, -0.05) is 17.7 Å². The summed E-state index contributed by atoms with van der Waals surface area (Å²) in [5, 5.41) is 0.514. The molecular weight excluding hydrogens is 277 g/mol. The summed E-state index contributed by atoms with van der Waals surface area (Å²) in [6.07, 6.45) is 0. The van der Waals surface area contributed by atoms with Gasteiger partial charge in [0, 0.05) is 0 Å². The van der Waals surface area contributed by atoms with Gasteiger partial charge in [-0.2, -0.15) is 4.99 Å². The van der Waals surface area contributed by atoms with E-state index in [1.54, 1.807) is 19.2 Å². The molecular formula is C10H14Cl2N5O-. The van der Waals surface area contributed by atoms with Gasteiger partial charge >= 0.3 is 0 Å². The van der Waals surface area contributed by atoms with Crippen LogP contribution in [0, 0.1) is 0 Å². The van der Waals surface area contributed by atoms with E-state index in [0.29, 0.717) is 17.3 Å². The number of halogens is 2. The smallest absolute Gasteiger partial charge is 0.218 e. The van der Waals surface area contributed by atoms with E-state index >= 15 is 0 Å². The Morgan fingerprint density at radius 1 is 1.33 bits per heavy atom. The van der Waals surface area contributed by atoms with E-state index in [1.165, 1.54) is 0 Å². The highest BCUT2D eigenvalue weighted by Crippen LogP contribution is 2.25. The zero-order chi connectivity index (χ0) is 12.8. The molecule has 1 aromatic carbocycles. The third-order valence-corrected chi connectivity index (χ3v) is 2.18. The van der Waals surface area contributed by atoms with Crippen LogP contribution >= 0.6 is 11.6 Å². The number of nitrogens with zero attached hydrogens (tertiary/aromatic N) is 2. The minimum Gasteiger partial charge on any atom is -1.00 e. The molecule has 1 rings (SSSR count). The van der Waals surface area contributed by atoms with Gasteiger partial charge in [0.1, 0.15) is 5.75 Å². The zero-order valence-electron chi connectivity index (χ0n) is 9.73. The van der Waals surface area contributed by atoms with Gasteiger partial charge in [-0.25, -0.2) is 4.99 Å². The topological polar surface area (TPSA) is 112 Å². The maximum Gasteiger partial charge on any atom is 0.218 e. The maximum absolute atomic E-state index is 5.96. The summed E-state index contributed by atoms with van der Waals surface area (Å²) in [5.74, 6) is 0.507. The van der Waals surface area contributed by atoms with Crippen LogP contribution in [-0.4, -0.2) is 19.0 Å². The average molecular weight is 291 g/mol. The molecule has 0 aromatic heterocycles. The number of hydrogen-bond donors (Lipinski definition) is 3. The lowest BCUT2D eigenvalue weighted by molar-refractivity contribution is -0.00000427. The second-order valence-corrected chi connectivity index (χ2v) is 3.59. The second kappa shape index (κ2) is 7.62. The fourth-order valence-corrected chi connectivity index (χ4v) is 1.43. The van der Waals surface area contributed by atoms with Crippen LogP contribution in [0.4, 0.5) is 0 Å². The molecule has 8 heteroatoms. The van der Waals surface area contributed by atoms with Crippen LogP contribution in [0.25, 0.3) is 0 Å². The molecule has 6 nitrogen and oxygen atoms in total. The predicted octanol–water partition coefficient (Wildman–Crippen LogP) is -2.56. The van der Waals surface area contributed by atoms with E-state index in [1.807, 2.05) is 6.07 Å². The summed E-state index contributed by atoms with van der Waals surface area (Å²) in [6, 6.07) is 5.33.